The molecule has 3 heterocycles. The second-order valence-electron chi connectivity index (χ2n) is 5.47. The van der Waals surface area contributed by atoms with Crippen LogP contribution in [0.1, 0.15) is 13.8 Å². The Bertz CT molecular complexity index is 568. The highest BCUT2D eigenvalue weighted by Gasteiger charge is 2.22. The molecule has 2 aromatic heterocycles. The molecule has 0 bridgehead atoms. The van der Waals surface area contributed by atoms with Crippen molar-refractivity contribution in [2.45, 2.75) is 26.1 Å². The Hall–Kier alpha value is -1.88. The van der Waals surface area contributed by atoms with Crippen molar-refractivity contribution in [3.8, 4) is 11.1 Å². The number of hydrogen-bond donors (Lipinski definition) is 0. The highest BCUT2D eigenvalue weighted by atomic mass is 16.5. The molecule has 0 N–H and O–H groups in total. The molecule has 0 amide bonds. The molecule has 0 unspecified atom stereocenters. The fourth-order valence-electron chi connectivity index (χ4n) is 2.68. The van der Waals surface area contributed by atoms with Gasteiger partial charge in [-0.1, -0.05) is 0 Å². The van der Waals surface area contributed by atoms with Crippen LogP contribution in [-0.4, -0.2) is 40.1 Å². The molecule has 1 aliphatic heterocycles. The minimum atomic E-state index is 0.249. The molecule has 1 fully saturated rings. The van der Waals surface area contributed by atoms with E-state index in [1.54, 1.807) is 4.68 Å². The highest BCUT2D eigenvalue weighted by Crippen LogP contribution is 2.22. The predicted molar refractivity (Wildman–Crippen MR) is 78.7 cm³/mol. The standard InChI is InChI=1S/C15H20N4O/c1-11-8-19(9-12(2)20-11)15-5-4-13(6-16-15)14-7-17-18(3)10-14/h4-7,10-12H,8-9H2,1-3H3/t11-,12+. The van der Waals surface area contributed by atoms with Crippen LogP contribution >= 0.6 is 0 Å². The van der Waals surface area contributed by atoms with E-state index >= 15 is 0 Å². The molecule has 20 heavy (non-hydrogen) atoms. The van der Waals surface area contributed by atoms with Crippen molar-refractivity contribution in [2.24, 2.45) is 7.05 Å². The van der Waals surface area contributed by atoms with E-state index in [4.69, 9.17) is 4.74 Å². The van der Waals surface area contributed by atoms with Gasteiger partial charge in [-0.2, -0.15) is 5.10 Å². The Morgan fingerprint density at radius 1 is 1.10 bits per heavy atom. The molecule has 1 aliphatic rings. The lowest BCUT2D eigenvalue weighted by Crippen LogP contribution is -2.45. The molecule has 0 spiro atoms. The van der Waals surface area contributed by atoms with Crippen LogP contribution in [0.15, 0.2) is 30.7 Å². The minimum absolute atomic E-state index is 0.249. The lowest BCUT2D eigenvalue weighted by atomic mass is 10.1. The van der Waals surface area contributed by atoms with Crippen LogP contribution in [0.3, 0.4) is 0 Å². The van der Waals surface area contributed by atoms with E-state index in [1.165, 1.54) is 0 Å². The Balaban J connectivity index is 1.79. The molecule has 0 aromatic carbocycles. The summed E-state index contributed by atoms with van der Waals surface area (Å²) in [6, 6.07) is 4.18. The second kappa shape index (κ2) is 5.25. The van der Waals surface area contributed by atoms with Gasteiger partial charge < -0.3 is 9.64 Å². The van der Waals surface area contributed by atoms with E-state index in [0.29, 0.717) is 0 Å². The van der Waals surface area contributed by atoms with Crippen LogP contribution < -0.4 is 4.90 Å². The first-order valence-electron chi connectivity index (χ1n) is 6.97. The van der Waals surface area contributed by atoms with Crippen LogP contribution in [0, 0.1) is 0 Å². The number of aryl methyl sites for hydroxylation is 1. The Morgan fingerprint density at radius 3 is 2.40 bits per heavy atom. The number of ether oxygens (including phenoxy) is 1. The summed E-state index contributed by atoms with van der Waals surface area (Å²) in [5.41, 5.74) is 2.19. The Labute approximate surface area is 119 Å². The molecule has 106 valence electrons. The molecule has 3 rings (SSSR count). The van der Waals surface area contributed by atoms with Gasteiger partial charge in [0.1, 0.15) is 5.82 Å². The van der Waals surface area contributed by atoms with Crippen molar-refractivity contribution in [3.63, 3.8) is 0 Å². The summed E-state index contributed by atoms with van der Waals surface area (Å²) in [7, 11) is 1.92. The van der Waals surface area contributed by atoms with Gasteiger partial charge in [0.15, 0.2) is 0 Å². The first-order valence-corrected chi connectivity index (χ1v) is 6.97. The maximum Gasteiger partial charge on any atom is 0.128 e. The van der Waals surface area contributed by atoms with E-state index in [2.05, 4.69) is 41.0 Å². The number of anilines is 1. The van der Waals surface area contributed by atoms with Gasteiger partial charge in [-0.15, -0.1) is 0 Å². The van der Waals surface area contributed by atoms with Gasteiger partial charge in [-0.05, 0) is 26.0 Å². The van der Waals surface area contributed by atoms with Crippen LogP contribution in [0.5, 0.6) is 0 Å². The summed E-state index contributed by atoms with van der Waals surface area (Å²) in [5, 5.41) is 4.19. The zero-order valence-electron chi connectivity index (χ0n) is 12.2. The third kappa shape index (κ3) is 2.67. The van der Waals surface area contributed by atoms with E-state index in [1.807, 2.05) is 25.6 Å². The number of aromatic nitrogens is 3. The van der Waals surface area contributed by atoms with Crippen molar-refractivity contribution in [1.82, 2.24) is 14.8 Å². The van der Waals surface area contributed by atoms with Gasteiger partial charge in [-0.25, -0.2) is 4.98 Å². The maximum atomic E-state index is 5.75. The van der Waals surface area contributed by atoms with Crippen molar-refractivity contribution < 1.29 is 4.74 Å². The molecule has 5 nitrogen and oxygen atoms in total. The first kappa shape index (κ1) is 13.1. The smallest absolute Gasteiger partial charge is 0.128 e. The lowest BCUT2D eigenvalue weighted by Gasteiger charge is -2.36. The summed E-state index contributed by atoms with van der Waals surface area (Å²) in [4.78, 5) is 6.87. The van der Waals surface area contributed by atoms with Gasteiger partial charge in [0.05, 0.1) is 18.4 Å². The van der Waals surface area contributed by atoms with Crippen LogP contribution in [-0.2, 0) is 11.8 Å². The Morgan fingerprint density at radius 2 is 1.85 bits per heavy atom. The normalized spacial score (nSPS) is 23.1. The first-order chi connectivity index (χ1) is 9.61. The molecule has 0 radical (unpaired) electrons. The summed E-state index contributed by atoms with van der Waals surface area (Å²) in [5.74, 6) is 1.01. The van der Waals surface area contributed by atoms with Gasteiger partial charge >= 0.3 is 0 Å². The highest BCUT2D eigenvalue weighted by molar-refractivity contribution is 5.62. The van der Waals surface area contributed by atoms with Crippen LogP contribution in [0.4, 0.5) is 5.82 Å². The third-order valence-corrected chi connectivity index (χ3v) is 3.53. The molecule has 1 saturated heterocycles. The summed E-state index contributed by atoms with van der Waals surface area (Å²) in [6.07, 6.45) is 6.26. The van der Waals surface area contributed by atoms with E-state index in [0.717, 1.165) is 30.0 Å². The summed E-state index contributed by atoms with van der Waals surface area (Å²) >= 11 is 0. The molecule has 2 atom stereocenters. The zero-order valence-corrected chi connectivity index (χ0v) is 12.2. The van der Waals surface area contributed by atoms with Gasteiger partial charge in [0.2, 0.25) is 0 Å². The fraction of sp³-hybridized carbons (Fsp3) is 0.467. The average Bonchev–Trinajstić information content (AvgIpc) is 2.84. The topological polar surface area (TPSA) is 43.2 Å². The lowest BCUT2D eigenvalue weighted by molar-refractivity contribution is -0.00545. The fourth-order valence-corrected chi connectivity index (χ4v) is 2.68. The molecular weight excluding hydrogens is 252 g/mol. The minimum Gasteiger partial charge on any atom is -0.372 e. The van der Waals surface area contributed by atoms with Crippen LogP contribution in [0.2, 0.25) is 0 Å². The average molecular weight is 272 g/mol. The summed E-state index contributed by atoms with van der Waals surface area (Å²) in [6.45, 7) is 5.99. The monoisotopic (exact) mass is 272 g/mol. The van der Waals surface area contributed by atoms with Crippen molar-refractivity contribution in [2.75, 3.05) is 18.0 Å². The zero-order chi connectivity index (χ0) is 14.1. The number of hydrogen-bond acceptors (Lipinski definition) is 4. The van der Waals surface area contributed by atoms with Crippen LogP contribution in [0.25, 0.3) is 11.1 Å². The van der Waals surface area contributed by atoms with E-state index in [-0.39, 0.29) is 12.2 Å². The number of morpholine rings is 1. The van der Waals surface area contributed by atoms with Crippen molar-refractivity contribution in [3.05, 3.63) is 30.7 Å². The Kier molecular flexibility index (Phi) is 3.44. The van der Waals surface area contributed by atoms with Gasteiger partial charge in [0, 0.05) is 43.7 Å². The van der Waals surface area contributed by atoms with Crippen molar-refractivity contribution in [1.29, 1.82) is 0 Å². The maximum absolute atomic E-state index is 5.75. The molecular formula is C15H20N4O. The molecule has 0 aliphatic carbocycles. The van der Waals surface area contributed by atoms with E-state index < -0.39 is 0 Å². The molecule has 2 aromatic rings. The number of pyridine rings is 1. The molecule has 5 heteroatoms. The van der Waals surface area contributed by atoms with Crippen molar-refractivity contribution >= 4 is 5.82 Å². The largest absolute Gasteiger partial charge is 0.372 e. The number of nitrogens with zero attached hydrogens (tertiary/aromatic N) is 4. The van der Waals surface area contributed by atoms with E-state index in [9.17, 15) is 0 Å². The van der Waals surface area contributed by atoms with Gasteiger partial charge in [-0.3, -0.25) is 4.68 Å². The SMILES string of the molecule is C[C@@H]1CN(c2ccc(-c3cnn(C)c3)cn2)C[C@H](C)O1. The van der Waals surface area contributed by atoms with Gasteiger partial charge in [0.25, 0.3) is 0 Å². The number of rotatable bonds is 2. The second-order valence-corrected chi connectivity index (χ2v) is 5.47. The summed E-state index contributed by atoms with van der Waals surface area (Å²) < 4.78 is 7.55. The third-order valence-electron chi connectivity index (χ3n) is 3.53. The quantitative estimate of drug-likeness (QED) is 0.839. The molecule has 0 saturated carbocycles. The predicted octanol–water partition coefficient (Wildman–Crippen LogP) is 2.10.